The number of hydrogen-bond donors (Lipinski definition) is 2. The molecule has 27 heavy (non-hydrogen) atoms. The van der Waals surface area contributed by atoms with Gasteiger partial charge in [0, 0.05) is 45.9 Å². The highest BCUT2D eigenvalue weighted by Gasteiger charge is 2.21. The Balaban J connectivity index is 0.00000364. The number of aliphatic imine (C=N–C) groups is 1. The van der Waals surface area contributed by atoms with Gasteiger partial charge in [-0.3, -0.25) is 4.99 Å². The minimum absolute atomic E-state index is 0. The zero-order valence-electron chi connectivity index (χ0n) is 17.0. The van der Waals surface area contributed by atoms with Gasteiger partial charge in [0.1, 0.15) is 12.4 Å². The van der Waals surface area contributed by atoms with Gasteiger partial charge in [0.05, 0.1) is 6.61 Å². The fourth-order valence-corrected chi connectivity index (χ4v) is 3.08. The van der Waals surface area contributed by atoms with Crippen LogP contribution in [0.25, 0.3) is 0 Å². The van der Waals surface area contributed by atoms with Crippen molar-refractivity contribution in [3.63, 3.8) is 0 Å². The van der Waals surface area contributed by atoms with Crippen LogP contribution >= 0.6 is 24.0 Å². The third kappa shape index (κ3) is 8.66. The third-order valence-electron chi connectivity index (χ3n) is 4.76. The summed E-state index contributed by atoms with van der Waals surface area (Å²) in [7, 11) is 3.50. The van der Waals surface area contributed by atoms with E-state index in [0.29, 0.717) is 25.3 Å². The molecule has 0 unspecified atom stereocenters. The molecule has 1 aliphatic rings. The van der Waals surface area contributed by atoms with E-state index in [1.165, 1.54) is 5.56 Å². The Morgan fingerprint density at radius 2 is 1.85 bits per heavy atom. The number of guanidine groups is 1. The van der Waals surface area contributed by atoms with Gasteiger partial charge < -0.3 is 25.0 Å². The van der Waals surface area contributed by atoms with E-state index < -0.39 is 0 Å². The number of nitrogens with one attached hydrogen (secondary N) is 2. The normalized spacial score (nSPS) is 16.1. The van der Waals surface area contributed by atoms with Crippen LogP contribution in [0.4, 0.5) is 0 Å². The fraction of sp³-hybridized carbons (Fsp3) is 0.650. The average Bonchev–Trinajstić information content (AvgIpc) is 2.66. The van der Waals surface area contributed by atoms with Gasteiger partial charge in [-0.2, -0.15) is 0 Å². The molecule has 0 spiro atoms. The Labute approximate surface area is 181 Å². The van der Waals surface area contributed by atoms with Crippen molar-refractivity contribution >= 4 is 29.9 Å². The van der Waals surface area contributed by atoms with Crippen molar-refractivity contribution in [1.82, 2.24) is 15.5 Å². The monoisotopic (exact) mass is 490 g/mol. The van der Waals surface area contributed by atoms with Crippen LogP contribution in [0.1, 0.15) is 32.3 Å². The Morgan fingerprint density at radius 1 is 1.19 bits per heavy atom. The molecule has 1 heterocycles. The van der Waals surface area contributed by atoms with E-state index in [2.05, 4.69) is 46.5 Å². The summed E-state index contributed by atoms with van der Waals surface area (Å²) in [6.07, 6.45) is 2.32. The molecule has 0 aromatic heterocycles. The number of halogens is 1. The van der Waals surface area contributed by atoms with Crippen molar-refractivity contribution in [2.24, 2.45) is 4.99 Å². The fourth-order valence-electron chi connectivity index (χ4n) is 3.08. The van der Waals surface area contributed by atoms with Gasteiger partial charge in [0.15, 0.2) is 5.96 Å². The van der Waals surface area contributed by atoms with Crippen molar-refractivity contribution in [1.29, 1.82) is 0 Å². The summed E-state index contributed by atoms with van der Waals surface area (Å²) in [5, 5.41) is 6.96. The first-order valence-corrected chi connectivity index (χ1v) is 9.54. The van der Waals surface area contributed by atoms with Crippen LogP contribution in [0, 0.1) is 0 Å². The molecule has 0 radical (unpaired) electrons. The van der Waals surface area contributed by atoms with Crippen molar-refractivity contribution < 1.29 is 9.47 Å². The van der Waals surface area contributed by atoms with Crippen molar-refractivity contribution in [3.05, 3.63) is 29.8 Å². The standard InChI is InChI=1S/C20H34N4O2.HI/c1-16(2)24-11-9-18(10-12-24)23-20(21-3)22-15-17-5-7-19(8-6-17)26-14-13-25-4;/h5-8,16,18H,9-15H2,1-4H3,(H2,21,22,23);1H. The van der Waals surface area contributed by atoms with Gasteiger partial charge in [0.25, 0.3) is 0 Å². The summed E-state index contributed by atoms with van der Waals surface area (Å²) in [6, 6.07) is 9.25. The number of likely N-dealkylation sites (tertiary alicyclic amines) is 1. The summed E-state index contributed by atoms with van der Waals surface area (Å²) in [5.74, 6) is 1.73. The summed E-state index contributed by atoms with van der Waals surface area (Å²) in [6.45, 7) is 8.74. The molecule has 1 saturated heterocycles. The summed E-state index contributed by atoms with van der Waals surface area (Å²) in [5.41, 5.74) is 1.20. The summed E-state index contributed by atoms with van der Waals surface area (Å²) in [4.78, 5) is 6.89. The molecule has 1 aliphatic heterocycles. The number of nitrogens with zero attached hydrogens (tertiary/aromatic N) is 2. The van der Waals surface area contributed by atoms with Crippen LogP contribution in [0.3, 0.4) is 0 Å². The average molecular weight is 490 g/mol. The molecule has 0 amide bonds. The smallest absolute Gasteiger partial charge is 0.191 e. The van der Waals surface area contributed by atoms with Gasteiger partial charge in [-0.25, -0.2) is 0 Å². The zero-order valence-corrected chi connectivity index (χ0v) is 19.4. The van der Waals surface area contributed by atoms with Gasteiger partial charge >= 0.3 is 0 Å². The van der Waals surface area contributed by atoms with E-state index in [4.69, 9.17) is 9.47 Å². The van der Waals surface area contributed by atoms with E-state index in [9.17, 15) is 0 Å². The number of benzene rings is 1. The van der Waals surface area contributed by atoms with Crippen molar-refractivity contribution in [2.75, 3.05) is 40.5 Å². The maximum atomic E-state index is 5.59. The number of hydrogen-bond acceptors (Lipinski definition) is 4. The number of piperidine rings is 1. The quantitative estimate of drug-likeness (QED) is 0.254. The van der Waals surface area contributed by atoms with Gasteiger partial charge in [-0.05, 0) is 44.4 Å². The lowest BCUT2D eigenvalue weighted by Gasteiger charge is -2.35. The van der Waals surface area contributed by atoms with E-state index in [-0.39, 0.29) is 24.0 Å². The van der Waals surface area contributed by atoms with Crippen LogP contribution in [0.2, 0.25) is 0 Å². The predicted molar refractivity (Wildman–Crippen MR) is 122 cm³/mol. The minimum atomic E-state index is 0. The zero-order chi connectivity index (χ0) is 18.8. The first-order valence-electron chi connectivity index (χ1n) is 9.54. The second kappa shape index (κ2) is 13.2. The molecule has 0 atom stereocenters. The maximum Gasteiger partial charge on any atom is 0.191 e. The first-order chi connectivity index (χ1) is 12.6. The molecule has 2 N–H and O–H groups in total. The first kappa shape index (κ1) is 24.0. The molecular weight excluding hydrogens is 455 g/mol. The second-order valence-electron chi connectivity index (χ2n) is 6.96. The molecule has 0 saturated carbocycles. The highest BCUT2D eigenvalue weighted by molar-refractivity contribution is 14.0. The summed E-state index contributed by atoms with van der Waals surface area (Å²) < 4.78 is 10.6. The summed E-state index contributed by atoms with van der Waals surface area (Å²) >= 11 is 0. The highest BCUT2D eigenvalue weighted by atomic mass is 127. The third-order valence-corrected chi connectivity index (χ3v) is 4.76. The van der Waals surface area contributed by atoms with E-state index in [0.717, 1.165) is 44.2 Å². The molecule has 154 valence electrons. The molecule has 1 aromatic rings. The van der Waals surface area contributed by atoms with Crippen LogP contribution in [-0.2, 0) is 11.3 Å². The van der Waals surface area contributed by atoms with Gasteiger partial charge in [-0.1, -0.05) is 12.1 Å². The maximum absolute atomic E-state index is 5.59. The lowest BCUT2D eigenvalue weighted by Crippen LogP contribution is -2.49. The SMILES string of the molecule is CN=C(NCc1ccc(OCCOC)cc1)NC1CCN(C(C)C)CC1.I. The number of ether oxygens (including phenoxy) is 2. The predicted octanol–water partition coefficient (Wildman–Crippen LogP) is 2.87. The number of methoxy groups -OCH3 is 1. The Morgan fingerprint density at radius 3 is 2.41 bits per heavy atom. The molecule has 0 aliphatic carbocycles. The molecule has 1 fully saturated rings. The van der Waals surface area contributed by atoms with Crippen LogP contribution in [-0.4, -0.2) is 63.4 Å². The lowest BCUT2D eigenvalue weighted by molar-refractivity contribution is 0.146. The van der Waals surface area contributed by atoms with Crippen molar-refractivity contribution in [3.8, 4) is 5.75 Å². The topological polar surface area (TPSA) is 58.1 Å². The van der Waals surface area contributed by atoms with Crippen LogP contribution < -0.4 is 15.4 Å². The Hall–Kier alpha value is -1.06. The molecular formula is C20H35IN4O2. The van der Waals surface area contributed by atoms with Gasteiger partial charge in [0.2, 0.25) is 0 Å². The van der Waals surface area contributed by atoms with E-state index >= 15 is 0 Å². The molecule has 1 aromatic carbocycles. The largest absolute Gasteiger partial charge is 0.491 e. The Kier molecular flexibility index (Phi) is 11.7. The van der Waals surface area contributed by atoms with Crippen LogP contribution in [0.15, 0.2) is 29.3 Å². The molecule has 2 rings (SSSR count). The minimum Gasteiger partial charge on any atom is -0.491 e. The lowest BCUT2D eigenvalue weighted by atomic mass is 10.0. The Bertz CT molecular complexity index is 543. The van der Waals surface area contributed by atoms with Crippen LogP contribution in [0.5, 0.6) is 5.75 Å². The molecule has 7 heteroatoms. The highest BCUT2D eigenvalue weighted by Crippen LogP contribution is 2.13. The number of rotatable bonds is 8. The van der Waals surface area contributed by atoms with E-state index in [1.807, 2.05) is 19.2 Å². The second-order valence-corrected chi connectivity index (χ2v) is 6.96. The van der Waals surface area contributed by atoms with Gasteiger partial charge in [-0.15, -0.1) is 24.0 Å². The van der Waals surface area contributed by atoms with Crippen molar-refractivity contribution in [2.45, 2.75) is 45.3 Å². The molecule has 6 nitrogen and oxygen atoms in total. The van der Waals surface area contributed by atoms with E-state index in [1.54, 1.807) is 7.11 Å². The molecule has 0 bridgehead atoms.